The summed E-state index contributed by atoms with van der Waals surface area (Å²) in [7, 11) is 0. The Morgan fingerprint density at radius 1 is 1.53 bits per heavy atom. The van der Waals surface area contributed by atoms with E-state index in [4.69, 9.17) is 10.2 Å². The quantitative estimate of drug-likeness (QED) is 0.671. The number of hydrogen-bond donors (Lipinski definition) is 2. The summed E-state index contributed by atoms with van der Waals surface area (Å²) >= 11 is 0. The maximum absolute atomic E-state index is 10.5. The predicted molar refractivity (Wildman–Crippen MR) is 66.0 cm³/mol. The van der Waals surface area contributed by atoms with Crippen molar-refractivity contribution in [3.8, 4) is 0 Å². The lowest BCUT2D eigenvalue weighted by Crippen LogP contribution is -2.49. The lowest BCUT2D eigenvalue weighted by molar-refractivity contribution is -0.137. The molecule has 1 unspecified atom stereocenters. The summed E-state index contributed by atoms with van der Waals surface area (Å²) in [4.78, 5) is 15.1. The molecule has 1 fully saturated rings. The minimum Gasteiger partial charge on any atom is -0.481 e. The highest BCUT2D eigenvalue weighted by atomic mass is 16.4. The molecule has 5 nitrogen and oxygen atoms in total. The first-order chi connectivity index (χ1) is 8.17. The van der Waals surface area contributed by atoms with Crippen molar-refractivity contribution < 1.29 is 15.0 Å². The van der Waals surface area contributed by atoms with Crippen LogP contribution in [0.4, 0.5) is 0 Å². The molecule has 0 aromatic rings. The number of carbonyl (C=O) groups is 1. The van der Waals surface area contributed by atoms with E-state index in [1.807, 2.05) is 0 Å². The van der Waals surface area contributed by atoms with Crippen molar-refractivity contribution in [3.63, 3.8) is 0 Å². The van der Waals surface area contributed by atoms with Crippen LogP contribution in [-0.2, 0) is 4.79 Å². The molecule has 17 heavy (non-hydrogen) atoms. The zero-order valence-electron chi connectivity index (χ0n) is 10.6. The van der Waals surface area contributed by atoms with Crippen molar-refractivity contribution in [1.82, 2.24) is 9.80 Å². The van der Waals surface area contributed by atoms with Gasteiger partial charge in [0.25, 0.3) is 0 Å². The molecule has 0 bridgehead atoms. The van der Waals surface area contributed by atoms with Gasteiger partial charge in [-0.05, 0) is 25.9 Å². The van der Waals surface area contributed by atoms with Crippen molar-refractivity contribution in [3.05, 3.63) is 0 Å². The number of aliphatic carboxylic acids is 1. The highest BCUT2D eigenvalue weighted by Gasteiger charge is 2.24. The number of likely N-dealkylation sites (tertiary alicyclic amines) is 1. The fourth-order valence-electron chi connectivity index (χ4n) is 2.51. The summed E-state index contributed by atoms with van der Waals surface area (Å²) in [6, 6.07) is 0.467. The smallest absolute Gasteiger partial charge is 0.304 e. The lowest BCUT2D eigenvalue weighted by atomic mass is 10.0. The van der Waals surface area contributed by atoms with E-state index >= 15 is 0 Å². The number of hydrogen-bond acceptors (Lipinski definition) is 4. The van der Waals surface area contributed by atoms with Crippen LogP contribution in [0.3, 0.4) is 0 Å². The molecule has 0 amide bonds. The maximum atomic E-state index is 10.5. The van der Waals surface area contributed by atoms with E-state index < -0.39 is 5.97 Å². The molecular formula is C12H24N2O3. The van der Waals surface area contributed by atoms with Crippen molar-refractivity contribution in [1.29, 1.82) is 0 Å². The van der Waals surface area contributed by atoms with E-state index in [2.05, 4.69) is 16.7 Å². The van der Waals surface area contributed by atoms with E-state index in [-0.39, 0.29) is 13.0 Å². The second-order valence-electron chi connectivity index (χ2n) is 4.59. The Bertz CT molecular complexity index is 236. The molecule has 0 radical (unpaired) electrons. The predicted octanol–water partition coefficient (Wildman–Crippen LogP) is 0.240. The minimum atomic E-state index is -0.727. The van der Waals surface area contributed by atoms with Gasteiger partial charge in [0.15, 0.2) is 0 Å². The number of likely N-dealkylation sites (N-methyl/N-ethyl adjacent to an activating group) is 1. The molecule has 0 spiro atoms. The summed E-state index contributed by atoms with van der Waals surface area (Å²) < 4.78 is 0. The molecular weight excluding hydrogens is 220 g/mol. The van der Waals surface area contributed by atoms with Gasteiger partial charge in [0, 0.05) is 25.7 Å². The molecule has 0 saturated carbocycles. The molecule has 1 heterocycles. The minimum absolute atomic E-state index is 0.194. The third kappa shape index (κ3) is 5.02. The van der Waals surface area contributed by atoms with E-state index in [0.29, 0.717) is 19.1 Å². The van der Waals surface area contributed by atoms with Crippen molar-refractivity contribution in [2.75, 3.05) is 39.3 Å². The Labute approximate surface area is 103 Å². The van der Waals surface area contributed by atoms with Crippen LogP contribution in [0.1, 0.15) is 26.2 Å². The number of piperidine rings is 1. The zero-order chi connectivity index (χ0) is 12.7. The number of aliphatic hydroxyl groups excluding tert-OH is 1. The standard InChI is InChI=1S/C12H24N2O3/c1-2-14(8-9-15)11-4-3-6-13(10-11)7-5-12(16)17/h11,15H,2-10H2,1H3,(H,16,17). The molecule has 1 aliphatic heterocycles. The Morgan fingerprint density at radius 3 is 2.88 bits per heavy atom. The van der Waals surface area contributed by atoms with Gasteiger partial charge in [-0.15, -0.1) is 0 Å². The first kappa shape index (κ1) is 14.4. The molecule has 1 atom stereocenters. The van der Waals surface area contributed by atoms with E-state index in [1.54, 1.807) is 0 Å². The summed E-state index contributed by atoms with van der Waals surface area (Å²) in [5.74, 6) is -0.727. The maximum Gasteiger partial charge on any atom is 0.304 e. The van der Waals surface area contributed by atoms with E-state index in [1.165, 1.54) is 0 Å². The number of aliphatic hydroxyl groups is 1. The summed E-state index contributed by atoms with van der Waals surface area (Å²) in [6.07, 6.45) is 2.49. The number of carboxylic acids is 1. The van der Waals surface area contributed by atoms with E-state index in [9.17, 15) is 4.79 Å². The monoisotopic (exact) mass is 244 g/mol. The van der Waals surface area contributed by atoms with Crippen LogP contribution in [0, 0.1) is 0 Å². The highest BCUT2D eigenvalue weighted by molar-refractivity contribution is 5.66. The summed E-state index contributed by atoms with van der Waals surface area (Å²) in [5, 5.41) is 17.7. The fourth-order valence-corrected chi connectivity index (χ4v) is 2.51. The van der Waals surface area contributed by atoms with Crippen molar-refractivity contribution in [2.45, 2.75) is 32.2 Å². The van der Waals surface area contributed by atoms with Gasteiger partial charge in [0.1, 0.15) is 0 Å². The van der Waals surface area contributed by atoms with Crippen LogP contribution in [0.5, 0.6) is 0 Å². The van der Waals surface area contributed by atoms with Crippen LogP contribution in [-0.4, -0.2) is 71.4 Å². The lowest BCUT2D eigenvalue weighted by Gasteiger charge is -2.38. The van der Waals surface area contributed by atoms with Gasteiger partial charge in [0.2, 0.25) is 0 Å². The molecule has 0 aliphatic carbocycles. The Morgan fingerprint density at radius 2 is 2.29 bits per heavy atom. The second kappa shape index (κ2) is 7.63. The van der Waals surface area contributed by atoms with Crippen molar-refractivity contribution >= 4 is 5.97 Å². The topological polar surface area (TPSA) is 64.0 Å². The Kier molecular flexibility index (Phi) is 6.47. The molecule has 1 saturated heterocycles. The van der Waals surface area contributed by atoms with E-state index in [0.717, 1.165) is 32.5 Å². The Balaban J connectivity index is 2.38. The summed E-state index contributed by atoms with van der Waals surface area (Å²) in [6.45, 7) is 6.53. The average Bonchev–Trinajstić information content (AvgIpc) is 2.34. The Hall–Kier alpha value is -0.650. The normalized spacial score (nSPS) is 21.9. The van der Waals surface area contributed by atoms with Gasteiger partial charge >= 0.3 is 5.97 Å². The largest absolute Gasteiger partial charge is 0.481 e. The summed E-state index contributed by atoms with van der Waals surface area (Å²) in [5.41, 5.74) is 0. The molecule has 100 valence electrons. The van der Waals surface area contributed by atoms with Gasteiger partial charge in [0.05, 0.1) is 13.0 Å². The van der Waals surface area contributed by atoms with Gasteiger partial charge in [-0.3, -0.25) is 9.69 Å². The highest BCUT2D eigenvalue weighted by Crippen LogP contribution is 2.15. The molecule has 5 heteroatoms. The number of rotatable bonds is 7. The number of carboxylic acid groups (broad SMARTS) is 1. The van der Waals surface area contributed by atoms with Crippen LogP contribution in [0.25, 0.3) is 0 Å². The average molecular weight is 244 g/mol. The SMILES string of the molecule is CCN(CCO)C1CCCN(CCC(=O)O)C1. The van der Waals surface area contributed by atoms with Crippen LogP contribution < -0.4 is 0 Å². The van der Waals surface area contributed by atoms with Crippen molar-refractivity contribution in [2.24, 2.45) is 0 Å². The fraction of sp³-hybridized carbons (Fsp3) is 0.917. The third-order valence-corrected chi connectivity index (χ3v) is 3.43. The molecule has 1 rings (SSSR count). The third-order valence-electron chi connectivity index (χ3n) is 3.43. The first-order valence-corrected chi connectivity index (χ1v) is 6.46. The van der Waals surface area contributed by atoms with Crippen LogP contribution in [0.2, 0.25) is 0 Å². The van der Waals surface area contributed by atoms with Crippen LogP contribution in [0.15, 0.2) is 0 Å². The first-order valence-electron chi connectivity index (χ1n) is 6.46. The molecule has 0 aromatic carbocycles. The molecule has 1 aliphatic rings. The molecule has 0 aromatic heterocycles. The van der Waals surface area contributed by atoms with Gasteiger partial charge in [-0.2, -0.15) is 0 Å². The van der Waals surface area contributed by atoms with Crippen LogP contribution >= 0.6 is 0 Å². The zero-order valence-corrected chi connectivity index (χ0v) is 10.6. The number of nitrogens with zero attached hydrogens (tertiary/aromatic N) is 2. The van der Waals surface area contributed by atoms with Gasteiger partial charge in [-0.25, -0.2) is 0 Å². The second-order valence-corrected chi connectivity index (χ2v) is 4.59. The molecule has 2 N–H and O–H groups in total. The van der Waals surface area contributed by atoms with Gasteiger partial charge in [-0.1, -0.05) is 6.92 Å². The van der Waals surface area contributed by atoms with Gasteiger partial charge < -0.3 is 15.1 Å².